The lowest BCUT2D eigenvalue weighted by atomic mass is 10.1. The van der Waals surface area contributed by atoms with Gasteiger partial charge < -0.3 is 9.30 Å². The Kier molecular flexibility index (Phi) is 6.06. The van der Waals surface area contributed by atoms with Crippen LogP contribution >= 0.6 is 0 Å². The van der Waals surface area contributed by atoms with Gasteiger partial charge in [-0.05, 0) is 50.1 Å². The first kappa shape index (κ1) is 20.8. The minimum atomic E-state index is -3.54. The Morgan fingerprint density at radius 2 is 1.97 bits per heavy atom. The van der Waals surface area contributed by atoms with Gasteiger partial charge in [0.25, 0.3) is 0 Å². The summed E-state index contributed by atoms with van der Waals surface area (Å²) in [4.78, 5) is 9.30. The summed E-state index contributed by atoms with van der Waals surface area (Å²) in [5.74, 6) is 1.72. The highest BCUT2D eigenvalue weighted by atomic mass is 32.2. The number of benzene rings is 1. The highest BCUT2D eigenvalue weighted by Crippen LogP contribution is 2.32. The number of ether oxygens (including phenoxy) is 1. The molecule has 0 unspecified atom stereocenters. The Morgan fingerprint density at radius 1 is 1.17 bits per heavy atom. The largest absolute Gasteiger partial charge is 0.494 e. The second kappa shape index (κ2) is 8.73. The van der Waals surface area contributed by atoms with Crippen molar-refractivity contribution in [2.45, 2.75) is 50.5 Å². The zero-order valence-corrected chi connectivity index (χ0v) is 18.3. The molecular weight excluding hydrogens is 400 g/mol. The summed E-state index contributed by atoms with van der Waals surface area (Å²) in [6.45, 7) is 6.53. The van der Waals surface area contributed by atoms with E-state index >= 15 is 0 Å². The number of aryl methyl sites for hydroxylation is 1. The third kappa shape index (κ3) is 3.94. The maximum absolute atomic E-state index is 13.2. The first-order valence-electron chi connectivity index (χ1n) is 10.6. The Balaban J connectivity index is 1.51. The molecule has 0 amide bonds. The van der Waals surface area contributed by atoms with E-state index in [1.165, 1.54) is 0 Å². The van der Waals surface area contributed by atoms with E-state index in [4.69, 9.17) is 9.72 Å². The van der Waals surface area contributed by atoms with Gasteiger partial charge in [-0.3, -0.25) is 4.98 Å². The molecule has 4 rings (SSSR count). The van der Waals surface area contributed by atoms with Crippen LogP contribution in [-0.2, 0) is 16.6 Å². The van der Waals surface area contributed by atoms with Gasteiger partial charge >= 0.3 is 0 Å². The number of nitrogens with zero attached hydrogens (tertiary/aromatic N) is 4. The van der Waals surface area contributed by atoms with Crippen molar-refractivity contribution in [2.24, 2.45) is 0 Å². The van der Waals surface area contributed by atoms with Gasteiger partial charge in [-0.25, -0.2) is 13.4 Å². The van der Waals surface area contributed by atoms with Gasteiger partial charge in [0.2, 0.25) is 10.0 Å². The molecule has 0 spiro atoms. The topological polar surface area (TPSA) is 77.3 Å². The Hall–Kier alpha value is -2.45. The lowest BCUT2D eigenvalue weighted by molar-refractivity contribution is 0.309. The van der Waals surface area contributed by atoms with Gasteiger partial charge in [-0.15, -0.1) is 0 Å². The number of sulfonamides is 1. The fraction of sp³-hybridized carbons (Fsp3) is 0.455. The molecule has 0 radical (unpaired) electrons. The number of aromatic nitrogens is 3. The van der Waals surface area contributed by atoms with E-state index in [9.17, 15) is 8.42 Å². The summed E-state index contributed by atoms with van der Waals surface area (Å²) in [6, 6.07) is 8.64. The van der Waals surface area contributed by atoms with Crippen LogP contribution in [-0.4, -0.2) is 47.0 Å². The molecule has 3 heterocycles. The zero-order valence-electron chi connectivity index (χ0n) is 17.5. The maximum Gasteiger partial charge on any atom is 0.243 e. The molecule has 3 aromatic rings. The van der Waals surface area contributed by atoms with Crippen molar-refractivity contribution in [3.8, 4) is 5.75 Å². The number of hydrogen-bond acceptors (Lipinski definition) is 5. The van der Waals surface area contributed by atoms with Crippen LogP contribution in [0.3, 0.4) is 0 Å². The number of rotatable bonds is 8. The standard InChI is InChI=1S/C22H28N4O3S/c1-3-5-14-29-18-6-8-19(9-7-18)30(27,28)25-13-11-17(16-25)22-24-20-10-12-23-15-21(20)26(22)4-2/h6-10,12,15,17H,3-5,11,13-14,16H2,1-2H3/t17-/m1/s1. The molecule has 1 saturated heterocycles. The third-order valence-corrected chi connectivity index (χ3v) is 7.52. The van der Waals surface area contributed by atoms with Gasteiger partial charge in [-0.2, -0.15) is 4.31 Å². The minimum absolute atomic E-state index is 0.0729. The highest BCUT2D eigenvalue weighted by molar-refractivity contribution is 7.89. The molecule has 0 bridgehead atoms. The van der Waals surface area contributed by atoms with E-state index < -0.39 is 10.0 Å². The summed E-state index contributed by atoms with van der Waals surface area (Å²) in [6.07, 6.45) is 6.36. The fourth-order valence-corrected chi connectivity index (χ4v) is 5.48. The first-order valence-corrected chi connectivity index (χ1v) is 12.0. The number of imidazole rings is 1. The van der Waals surface area contributed by atoms with Crippen molar-refractivity contribution in [1.82, 2.24) is 18.8 Å². The number of hydrogen-bond donors (Lipinski definition) is 0. The van der Waals surface area contributed by atoms with Gasteiger partial charge in [0.05, 0.1) is 28.7 Å². The number of pyridine rings is 1. The van der Waals surface area contributed by atoms with Crippen LogP contribution in [0.5, 0.6) is 5.75 Å². The van der Waals surface area contributed by atoms with Crippen LogP contribution in [0.4, 0.5) is 0 Å². The second-order valence-electron chi connectivity index (χ2n) is 7.60. The molecule has 2 aromatic heterocycles. The lowest BCUT2D eigenvalue weighted by Gasteiger charge is -2.17. The Bertz CT molecular complexity index is 1110. The van der Waals surface area contributed by atoms with Crippen molar-refractivity contribution in [2.75, 3.05) is 19.7 Å². The number of unbranched alkanes of at least 4 members (excludes halogenated alkanes) is 1. The quantitative estimate of drug-likeness (QED) is 0.510. The van der Waals surface area contributed by atoms with E-state index in [0.29, 0.717) is 30.3 Å². The van der Waals surface area contributed by atoms with Crippen LogP contribution in [0.15, 0.2) is 47.6 Å². The van der Waals surface area contributed by atoms with E-state index in [1.54, 1.807) is 34.8 Å². The van der Waals surface area contributed by atoms with Crippen molar-refractivity contribution < 1.29 is 13.2 Å². The molecule has 1 fully saturated rings. The SMILES string of the molecule is CCCCOc1ccc(S(=O)(=O)N2CC[C@@H](c3nc4ccncc4n3CC)C2)cc1. The Labute approximate surface area is 177 Å². The molecule has 1 aromatic carbocycles. The molecule has 0 saturated carbocycles. The monoisotopic (exact) mass is 428 g/mol. The van der Waals surface area contributed by atoms with Gasteiger partial charge in [-0.1, -0.05) is 13.3 Å². The molecule has 7 nitrogen and oxygen atoms in total. The first-order chi connectivity index (χ1) is 14.5. The summed E-state index contributed by atoms with van der Waals surface area (Å²) in [5, 5.41) is 0. The summed E-state index contributed by atoms with van der Waals surface area (Å²) >= 11 is 0. The van der Waals surface area contributed by atoms with E-state index in [-0.39, 0.29) is 5.92 Å². The van der Waals surface area contributed by atoms with E-state index in [2.05, 4.69) is 23.4 Å². The van der Waals surface area contributed by atoms with Gasteiger partial charge in [0, 0.05) is 31.7 Å². The van der Waals surface area contributed by atoms with E-state index in [1.807, 2.05) is 12.3 Å². The van der Waals surface area contributed by atoms with Crippen LogP contribution in [0, 0.1) is 0 Å². The molecule has 1 aliphatic rings. The maximum atomic E-state index is 13.2. The third-order valence-electron chi connectivity index (χ3n) is 5.64. The molecule has 0 N–H and O–H groups in total. The molecule has 8 heteroatoms. The predicted molar refractivity (Wildman–Crippen MR) is 116 cm³/mol. The smallest absolute Gasteiger partial charge is 0.243 e. The molecule has 1 aliphatic heterocycles. The highest BCUT2D eigenvalue weighted by Gasteiger charge is 2.35. The normalized spacial score (nSPS) is 17.6. The van der Waals surface area contributed by atoms with Crippen LogP contribution < -0.4 is 4.74 Å². The van der Waals surface area contributed by atoms with Crippen molar-refractivity contribution >= 4 is 21.1 Å². The van der Waals surface area contributed by atoms with E-state index in [0.717, 1.165) is 42.7 Å². The Morgan fingerprint density at radius 3 is 2.70 bits per heavy atom. The van der Waals surface area contributed by atoms with Crippen LogP contribution in [0.25, 0.3) is 11.0 Å². The summed E-state index contributed by atoms with van der Waals surface area (Å²) < 4.78 is 35.7. The average molecular weight is 429 g/mol. The minimum Gasteiger partial charge on any atom is -0.494 e. The van der Waals surface area contributed by atoms with Crippen LogP contribution in [0.1, 0.15) is 44.9 Å². The molecule has 30 heavy (non-hydrogen) atoms. The molecule has 1 atom stereocenters. The second-order valence-corrected chi connectivity index (χ2v) is 9.54. The van der Waals surface area contributed by atoms with Gasteiger partial charge in [0.1, 0.15) is 11.6 Å². The van der Waals surface area contributed by atoms with Crippen molar-refractivity contribution in [1.29, 1.82) is 0 Å². The van der Waals surface area contributed by atoms with Crippen molar-refractivity contribution in [3.05, 3.63) is 48.5 Å². The summed E-state index contributed by atoms with van der Waals surface area (Å²) in [7, 11) is -3.54. The average Bonchev–Trinajstić information content (AvgIpc) is 3.39. The lowest BCUT2D eigenvalue weighted by Crippen LogP contribution is -2.29. The molecular formula is C22H28N4O3S. The number of fused-ring (bicyclic) bond motifs is 1. The van der Waals surface area contributed by atoms with Crippen LogP contribution in [0.2, 0.25) is 0 Å². The summed E-state index contributed by atoms with van der Waals surface area (Å²) in [5.41, 5.74) is 1.90. The van der Waals surface area contributed by atoms with Crippen molar-refractivity contribution in [3.63, 3.8) is 0 Å². The molecule has 160 valence electrons. The zero-order chi connectivity index (χ0) is 21.1. The fourth-order valence-electron chi connectivity index (χ4n) is 3.98. The molecule has 0 aliphatic carbocycles. The predicted octanol–water partition coefficient (Wildman–Crippen LogP) is 3.81. The van der Waals surface area contributed by atoms with Gasteiger partial charge in [0.15, 0.2) is 0 Å².